The van der Waals surface area contributed by atoms with Gasteiger partial charge < -0.3 is 5.11 Å². The van der Waals surface area contributed by atoms with E-state index in [2.05, 4.69) is 5.43 Å². The van der Waals surface area contributed by atoms with Gasteiger partial charge in [-0.15, -0.1) is 0 Å². The number of nitrogens with one attached hydrogen (secondary N) is 1. The molecule has 1 aliphatic rings. The van der Waals surface area contributed by atoms with Crippen LogP contribution in [0.15, 0.2) is 24.3 Å². The molecule has 1 atom stereocenters. The molecule has 0 bridgehead atoms. The van der Waals surface area contributed by atoms with E-state index in [1.165, 1.54) is 25.2 Å². The lowest BCUT2D eigenvalue weighted by Crippen LogP contribution is -2.31. The molecule has 6 nitrogen and oxygen atoms in total. The SMILES string of the molecule is CN1NC(=O)C(c2cccc(C(=O)O)c2)C1=O. The molecule has 6 heteroatoms. The van der Waals surface area contributed by atoms with E-state index in [1.54, 1.807) is 6.07 Å². The lowest BCUT2D eigenvalue weighted by molar-refractivity contribution is -0.129. The highest BCUT2D eigenvalue weighted by Crippen LogP contribution is 2.23. The minimum atomic E-state index is -1.09. The predicted octanol–water partition coefficient (Wildman–Crippen LogP) is -0.0284. The fraction of sp³-hybridized carbons (Fsp3) is 0.182. The molecule has 0 aliphatic carbocycles. The van der Waals surface area contributed by atoms with E-state index in [-0.39, 0.29) is 5.56 Å². The summed E-state index contributed by atoms with van der Waals surface area (Å²) in [6.07, 6.45) is 0. The first kappa shape index (κ1) is 11.1. The highest BCUT2D eigenvalue weighted by Gasteiger charge is 2.38. The molecule has 0 aromatic heterocycles. The van der Waals surface area contributed by atoms with Crippen molar-refractivity contribution in [2.24, 2.45) is 0 Å². The summed E-state index contributed by atoms with van der Waals surface area (Å²) in [6.45, 7) is 0. The molecule has 17 heavy (non-hydrogen) atoms. The van der Waals surface area contributed by atoms with Crippen LogP contribution >= 0.6 is 0 Å². The van der Waals surface area contributed by atoms with Crippen LogP contribution in [0.4, 0.5) is 0 Å². The number of carbonyl (C=O) groups excluding carboxylic acids is 2. The summed E-state index contributed by atoms with van der Waals surface area (Å²) < 4.78 is 0. The molecule has 0 spiro atoms. The number of carbonyl (C=O) groups is 3. The molecular weight excluding hydrogens is 224 g/mol. The number of hydrogen-bond donors (Lipinski definition) is 2. The van der Waals surface area contributed by atoms with Crippen LogP contribution in [0.3, 0.4) is 0 Å². The molecule has 1 aliphatic heterocycles. The van der Waals surface area contributed by atoms with Crippen LogP contribution in [-0.2, 0) is 9.59 Å². The average Bonchev–Trinajstić information content (AvgIpc) is 2.53. The zero-order valence-electron chi connectivity index (χ0n) is 9.01. The normalized spacial score (nSPS) is 19.4. The van der Waals surface area contributed by atoms with Crippen molar-refractivity contribution in [2.45, 2.75) is 5.92 Å². The van der Waals surface area contributed by atoms with E-state index < -0.39 is 23.7 Å². The Morgan fingerprint density at radius 2 is 2.12 bits per heavy atom. The summed E-state index contributed by atoms with van der Waals surface area (Å²) >= 11 is 0. The minimum absolute atomic E-state index is 0.0534. The number of hydrogen-bond acceptors (Lipinski definition) is 3. The van der Waals surface area contributed by atoms with E-state index in [0.717, 1.165) is 5.01 Å². The Bertz CT molecular complexity index is 512. The van der Waals surface area contributed by atoms with Crippen LogP contribution in [-0.4, -0.2) is 34.9 Å². The second-order valence-electron chi connectivity index (χ2n) is 3.74. The van der Waals surface area contributed by atoms with Crippen molar-refractivity contribution >= 4 is 17.8 Å². The van der Waals surface area contributed by atoms with Gasteiger partial charge in [-0.25, -0.2) is 4.79 Å². The zero-order valence-corrected chi connectivity index (χ0v) is 9.01. The molecule has 88 valence electrons. The van der Waals surface area contributed by atoms with Crippen molar-refractivity contribution in [2.75, 3.05) is 7.05 Å². The third-order valence-electron chi connectivity index (χ3n) is 2.58. The Morgan fingerprint density at radius 3 is 2.65 bits per heavy atom. The predicted molar refractivity (Wildman–Crippen MR) is 57.1 cm³/mol. The summed E-state index contributed by atoms with van der Waals surface area (Å²) in [7, 11) is 1.45. The van der Waals surface area contributed by atoms with Crippen LogP contribution in [0.2, 0.25) is 0 Å². The van der Waals surface area contributed by atoms with Crippen molar-refractivity contribution < 1.29 is 19.5 Å². The van der Waals surface area contributed by atoms with Gasteiger partial charge in [0, 0.05) is 7.05 Å². The highest BCUT2D eigenvalue weighted by atomic mass is 16.4. The van der Waals surface area contributed by atoms with Gasteiger partial charge in [0.1, 0.15) is 5.92 Å². The largest absolute Gasteiger partial charge is 0.478 e. The molecular formula is C11H10N2O4. The van der Waals surface area contributed by atoms with E-state index in [0.29, 0.717) is 5.56 Å². The van der Waals surface area contributed by atoms with Crippen LogP contribution in [0.1, 0.15) is 21.8 Å². The molecule has 2 N–H and O–H groups in total. The Hall–Kier alpha value is -2.37. The summed E-state index contributed by atoms with van der Waals surface area (Å²) in [5.74, 6) is -2.89. The van der Waals surface area contributed by atoms with Crippen LogP contribution < -0.4 is 5.43 Å². The van der Waals surface area contributed by atoms with Gasteiger partial charge in [-0.3, -0.25) is 20.0 Å². The maximum absolute atomic E-state index is 11.7. The van der Waals surface area contributed by atoms with E-state index >= 15 is 0 Å². The third-order valence-corrected chi connectivity index (χ3v) is 2.58. The molecule has 2 amide bonds. The Kier molecular flexibility index (Phi) is 2.55. The molecule has 1 saturated heterocycles. The molecule has 0 saturated carbocycles. The summed E-state index contributed by atoms with van der Waals surface area (Å²) in [4.78, 5) is 34.0. The second kappa shape index (κ2) is 3.89. The maximum Gasteiger partial charge on any atom is 0.335 e. The van der Waals surface area contributed by atoms with Crippen molar-refractivity contribution in [3.8, 4) is 0 Å². The Labute approximate surface area is 96.8 Å². The summed E-state index contributed by atoms with van der Waals surface area (Å²) in [5, 5.41) is 9.94. The number of amides is 2. The van der Waals surface area contributed by atoms with Crippen molar-refractivity contribution in [1.82, 2.24) is 10.4 Å². The van der Waals surface area contributed by atoms with Gasteiger partial charge in [0.2, 0.25) is 0 Å². The van der Waals surface area contributed by atoms with Crippen molar-refractivity contribution in [1.29, 1.82) is 0 Å². The van der Waals surface area contributed by atoms with Crippen LogP contribution in [0.5, 0.6) is 0 Å². The average molecular weight is 234 g/mol. The number of carboxylic acid groups (broad SMARTS) is 1. The lowest BCUT2D eigenvalue weighted by atomic mass is 9.97. The fourth-order valence-electron chi connectivity index (χ4n) is 1.74. The smallest absolute Gasteiger partial charge is 0.335 e. The first-order valence-corrected chi connectivity index (χ1v) is 4.92. The number of hydrazine groups is 1. The van der Waals surface area contributed by atoms with Gasteiger partial charge in [0.25, 0.3) is 11.8 Å². The molecule has 0 radical (unpaired) electrons. The first-order valence-electron chi connectivity index (χ1n) is 4.92. The standard InChI is InChI=1S/C11H10N2O4/c1-13-10(15)8(9(14)12-13)6-3-2-4-7(5-6)11(16)17/h2-5,8H,1H3,(H,12,14)(H,16,17). The quantitative estimate of drug-likeness (QED) is 0.703. The Balaban J connectivity index is 2.40. The lowest BCUT2D eigenvalue weighted by Gasteiger charge is -2.07. The van der Waals surface area contributed by atoms with E-state index in [9.17, 15) is 14.4 Å². The molecule has 1 heterocycles. The van der Waals surface area contributed by atoms with Gasteiger partial charge in [0.05, 0.1) is 5.56 Å². The van der Waals surface area contributed by atoms with Gasteiger partial charge in [0.15, 0.2) is 0 Å². The number of likely N-dealkylation sites (N-methyl/N-ethyl adjacent to an activating group) is 1. The summed E-state index contributed by atoms with van der Waals surface area (Å²) in [6, 6.07) is 5.82. The molecule has 1 aromatic carbocycles. The maximum atomic E-state index is 11.7. The van der Waals surface area contributed by atoms with Crippen molar-refractivity contribution in [3.63, 3.8) is 0 Å². The number of rotatable bonds is 2. The fourth-order valence-corrected chi connectivity index (χ4v) is 1.74. The second-order valence-corrected chi connectivity index (χ2v) is 3.74. The molecule has 2 rings (SSSR count). The van der Waals surface area contributed by atoms with Crippen LogP contribution in [0.25, 0.3) is 0 Å². The molecule has 1 fully saturated rings. The van der Waals surface area contributed by atoms with E-state index in [4.69, 9.17) is 5.11 Å². The van der Waals surface area contributed by atoms with Gasteiger partial charge in [-0.2, -0.15) is 0 Å². The minimum Gasteiger partial charge on any atom is -0.478 e. The molecule has 1 unspecified atom stereocenters. The number of benzene rings is 1. The van der Waals surface area contributed by atoms with Crippen LogP contribution in [0, 0.1) is 0 Å². The third kappa shape index (κ3) is 1.84. The number of carboxylic acids is 1. The van der Waals surface area contributed by atoms with Crippen molar-refractivity contribution in [3.05, 3.63) is 35.4 Å². The summed E-state index contributed by atoms with van der Waals surface area (Å²) in [5.41, 5.74) is 2.80. The topological polar surface area (TPSA) is 86.7 Å². The highest BCUT2D eigenvalue weighted by molar-refractivity contribution is 6.10. The first-order chi connectivity index (χ1) is 8.00. The van der Waals surface area contributed by atoms with Gasteiger partial charge in [-0.05, 0) is 17.7 Å². The number of aromatic carboxylic acids is 1. The molecule has 1 aromatic rings. The number of nitrogens with zero attached hydrogens (tertiary/aromatic N) is 1. The van der Waals surface area contributed by atoms with E-state index in [1.807, 2.05) is 0 Å². The monoisotopic (exact) mass is 234 g/mol. The van der Waals surface area contributed by atoms with Gasteiger partial charge >= 0.3 is 5.97 Å². The Morgan fingerprint density at radius 1 is 1.41 bits per heavy atom. The van der Waals surface area contributed by atoms with Gasteiger partial charge in [-0.1, -0.05) is 12.1 Å². The zero-order chi connectivity index (χ0) is 12.6.